The summed E-state index contributed by atoms with van der Waals surface area (Å²) in [7, 11) is 1.95. The summed E-state index contributed by atoms with van der Waals surface area (Å²) in [6.45, 7) is 8.73. The van der Waals surface area contributed by atoms with E-state index in [9.17, 15) is 13.2 Å². The van der Waals surface area contributed by atoms with E-state index in [1.54, 1.807) is 12.4 Å². The molecule has 0 atom stereocenters. The smallest absolute Gasteiger partial charge is 0.302 e. The Morgan fingerprint density at radius 3 is 2.13 bits per heavy atom. The van der Waals surface area contributed by atoms with Crippen molar-refractivity contribution in [3.8, 4) is 16.9 Å². The first kappa shape index (κ1) is 25.1. The molecule has 3 nitrogen and oxygen atoms in total. The van der Waals surface area contributed by atoms with Gasteiger partial charge in [0, 0.05) is 11.3 Å². The standard InChI is InChI=1S/C33H29F3N3/c1-20-23-13-9-10-14-24(23)27(32(2,3)4)18-26(20)30-31-29(37-19-38(30)5)25-16-15-21(33(34,35)36)17-28(25)39(31)22-11-7-6-8-12-22/h6-19H,1-5H3/q+1. The number of alkyl halides is 3. The molecule has 0 saturated heterocycles. The van der Waals surface area contributed by atoms with Gasteiger partial charge in [-0.05, 0) is 75.6 Å². The van der Waals surface area contributed by atoms with Gasteiger partial charge in [0.15, 0.2) is 5.69 Å². The van der Waals surface area contributed by atoms with Crippen molar-refractivity contribution in [2.45, 2.75) is 39.3 Å². The summed E-state index contributed by atoms with van der Waals surface area (Å²) in [6, 6.07) is 24.1. The third-order valence-electron chi connectivity index (χ3n) is 7.60. The normalized spacial score (nSPS) is 12.6. The number of rotatable bonds is 2. The molecular weight excluding hydrogens is 495 g/mol. The predicted molar refractivity (Wildman–Crippen MR) is 151 cm³/mol. The maximum atomic E-state index is 13.8. The molecule has 0 bridgehead atoms. The van der Waals surface area contributed by atoms with E-state index in [1.807, 2.05) is 52.6 Å². The highest BCUT2D eigenvalue weighted by Crippen LogP contribution is 2.42. The molecule has 0 spiro atoms. The van der Waals surface area contributed by atoms with Crippen LogP contribution in [0.3, 0.4) is 0 Å². The highest BCUT2D eigenvalue weighted by Gasteiger charge is 2.33. The highest BCUT2D eigenvalue weighted by molar-refractivity contribution is 6.11. The number of para-hydroxylation sites is 1. The summed E-state index contributed by atoms with van der Waals surface area (Å²) in [5, 5.41) is 3.04. The number of aromatic nitrogens is 3. The van der Waals surface area contributed by atoms with Gasteiger partial charge in [0.2, 0.25) is 5.52 Å². The van der Waals surface area contributed by atoms with Crippen LogP contribution in [0.15, 0.2) is 85.2 Å². The lowest BCUT2D eigenvalue weighted by Crippen LogP contribution is -2.32. The largest absolute Gasteiger partial charge is 0.416 e. The van der Waals surface area contributed by atoms with Crippen LogP contribution in [0, 0.1) is 6.92 Å². The van der Waals surface area contributed by atoms with E-state index in [0.717, 1.165) is 39.5 Å². The second kappa shape index (κ2) is 8.67. The van der Waals surface area contributed by atoms with Crippen molar-refractivity contribution in [2.75, 3.05) is 0 Å². The third kappa shape index (κ3) is 3.97. The Balaban J connectivity index is 1.83. The average molecular weight is 525 g/mol. The lowest BCUT2D eigenvalue weighted by atomic mass is 9.80. The number of hydrogen-bond donors (Lipinski definition) is 0. The van der Waals surface area contributed by atoms with Crippen LogP contribution in [0.1, 0.15) is 37.5 Å². The molecule has 6 heteroatoms. The maximum absolute atomic E-state index is 13.8. The lowest BCUT2D eigenvalue weighted by Gasteiger charge is -2.24. The number of fused-ring (bicyclic) bond motifs is 4. The third-order valence-corrected chi connectivity index (χ3v) is 7.60. The minimum atomic E-state index is -4.45. The summed E-state index contributed by atoms with van der Waals surface area (Å²) < 4.78 is 45.4. The quantitative estimate of drug-likeness (QED) is 0.208. The Morgan fingerprint density at radius 2 is 1.46 bits per heavy atom. The van der Waals surface area contributed by atoms with Crippen LogP contribution in [0.5, 0.6) is 0 Å². The van der Waals surface area contributed by atoms with Crippen molar-refractivity contribution in [3.63, 3.8) is 0 Å². The van der Waals surface area contributed by atoms with Crippen molar-refractivity contribution < 1.29 is 17.7 Å². The fraction of sp³-hybridized carbons (Fsp3) is 0.212. The molecule has 0 unspecified atom stereocenters. The lowest BCUT2D eigenvalue weighted by molar-refractivity contribution is -0.662. The monoisotopic (exact) mass is 524 g/mol. The molecule has 0 aliphatic carbocycles. The van der Waals surface area contributed by atoms with E-state index >= 15 is 0 Å². The Hall–Kier alpha value is -4.19. The van der Waals surface area contributed by atoms with Gasteiger partial charge in [-0.3, -0.25) is 0 Å². The second-order valence-electron chi connectivity index (χ2n) is 11.2. The number of halogens is 3. The van der Waals surface area contributed by atoms with Crippen molar-refractivity contribution in [1.82, 2.24) is 9.55 Å². The fourth-order valence-corrected chi connectivity index (χ4v) is 5.71. The Morgan fingerprint density at radius 1 is 0.795 bits per heavy atom. The molecule has 0 N–H and O–H groups in total. The Bertz CT molecular complexity index is 1890. The van der Waals surface area contributed by atoms with Crippen LogP contribution >= 0.6 is 0 Å². The van der Waals surface area contributed by atoms with E-state index in [0.29, 0.717) is 16.4 Å². The van der Waals surface area contributed by atoms with Gasteiger partial charge in [0.1, 0.15) is 5.52 Å². The first-order chi connectivity index (χ1) is 18.5. The number of nitrogens with zero attached hydrogens (tertiary/aromatic N) is 3. The summed E-state index contributed by atoms with van der Waals surface area (Å²) >= 11 is 0. The van der Waals surface area contributed by atoms with Crippen LogP contribution in [-0.2, 0) is 18.6 Å². The van der Waals surface area contributed by atoms with Gasteiger partial charge in [-0.15, -0.1) is 0 Å². The van der Waals surface area contributed by atoms with Crippen LogP contribution in [0.25, 0.3) is 49.7 Å². The molecule has 0 aliphatic heterocycles. The topological polar surface area (TPSA) is 21.7 Å². The number of benzene rings is 4. The second-order valence-corrected chi connectivity index (χ2v) is 11.2. The average Bonchev–Trinajstić information content (AvgIpc) is 3.22. The molecule has 0 saturated carbocycles. The summed E-state index contributed by atoms with van der Waals surface area (Å²) in [5.74, 6) is 0. The fourth-order valence-electron chi connectivity index (χ4n) is 5.71. The zero-order valence-corrected chi connectivity index (χ0v) is 22.6. The zero-order valence-electron chi connectivity index (χ0n) is 22.6. The molecule has 2 aromatic heterocycles. The SMILES string of the molecule is Cc1c(-c2c3c(nc[n+]2C)c2ccc(C(F)(F)F)cc2n3-c2ccccc2)cc(C(C)(C)C)c2ccccc12. The van der Waals surface area contributed by atoms with Gasteiger partial charge >= 0.3 is 6.18 Å². The van der Waals surface area contributed by atoms with Gasteiger partial charge in [0.25, 0.3) is 6.33 Å². The highest BCUT2D eigenvalue weighted by atomic mass is 19.4. The van der Waals surface area contributed by atoms with Crippen LogP contribution in [-0.4, -0.2) is 9.55 Å². The van der Waals surface area contributed by atoms with Crippen molar-refractivity contribution >= 4 is 32.7 Å². The van der Waals surface area contributed by atoms with E-state index in [-0.39, 0.29) is 5.41 Å². The van der Waals surface area contributed by atoms with Gasteiger partial charge in [-0.1, -0.05) is 63.2 Å². The Kier molecular flexibility index (Phi) is 5.58. The van der Waals surface area contributed by atoms with E-state index < -0.39 is 11.7 Å². The Labute approximate surface area is 225 Å². The van der Waals surface area contributed by atoms with Crippen molar-refractivity contribution in [2.24, 2.45) is 7.05 Å². The molecule has 6 aromatic rings. The first-order valence-electron chi connectivity index (χ1n) is 13.0. The van der Waals surface area contributed by atoms with E-state index in [2.05, 4.69) is 52.0 Å². The molecule has 4 aromatic carbocycles. The minimum absolute atomic E-state index is 0.124. The minimum Gasteiger partial charge on any atom is -0.302 e. The summed E-state index contributed by atoms with van der Waals surface area (Å²) in [4.78, 5) is 4.76. The van der Waals surface area contributed by atoms with Gasteiger partial charge in [-0.2, -0.15) is 13.2 Å². The molecular formula is C33H29F3N3+. The molecule has 0 amide bonds. The van der Waals surface area contributed by atoms with Crippen molar-refractivity contribution in [1.29, 1.82) is 0 Å². The molecule has 0 radical (unpaired) electrons. The maximum Gasteiger partial charge on any atom is 0.416 e. The molecule has 6 rings (SSSR count). The number of hydrogen-bond acceptors (Lipinski definition) is 1. The van der Waals surface area contributed by atoms with Gasteiger partial charge < -0.3 is 4.57 Å². The molecule has 0 fully saturated rings. The van der Waals surface area contributed by atoms with Crippen LogP contribution < -0.4 is 4.57 Å². The first-order valence-corrected chi connectivity index (χ1v) is 13.0. The van der Waals surface area contributed by atoms with Crippen LogP contribution in [0.4, 0.5) is 13.2 Å². The van der Waals surface area contributed by atoms with E-state index in [1.165, 1.54) is 17.0 Å². The zero-order chi connectivity index (χ0) is 27.7. The van der Waals surface area contributed by atoms with Gasteiger partial charge in [0.05, 0.1) is 23.5 Å². The molecule has 196 valence electrons. The van der Waals surface area contributed by atoms with Crippen LogP contribution in [0.2, 0.25) is 0 Å². The summed E-state index contributed by atoms with van der Waals surface area (Å²) in [5.41, 5.74) is 6.15. The molecule has 39 heavy (non-hydrogen) atoms. The summed E-state index contributed by atoms with van der Waals surface area (Å²) in [6.07, 6.45) is -2.70. The van der Waals surface area contributed by atoms with Gasteiger partial charge in [-0.25, -0.2) is 4.57 Å². The molecule has 2 heterocycles. The number of aryl methyl sites for hydroxylation is 2. The molecule has 0 aliphatic rings. The predicted octanol–water partition coefficient (Wildman–Crippen LogP) is 8.45. The van der Waals surface area contributed by atoms with E-state index in [4.69, 9.17) is 4.98 Å². The van der Waals surface area contributed by atoms with Crippen molar-refractivity contribution in [3.05, 3.63) is 102 Å².